The van der Waals surface area contributed by atoms with Crippen molar-refractivity contribution >= 4 is 17.2 Å². The van der Waals surface area contributed by atoms with E-state index in [1.54, 1.807) is 0 Å². The van der Waals surface area contributed by atoms with Gasteiger partial charge in [0.15, 0.2) is 0 Å². The number of piperazine rings is 1. The van der Waals surface area contributed by atoms with Crippen LogP contribution in [0.3, 0.4) is 0 Å². The van der Waals surface area contributed by atoms with Gasteiger partial charge in [-0.05, 0) is 48.9 Å². The van der Waals surface area contributed by atoms with Gasteiger partial charge in [0.1, 0.15) is 5.75 Å². The van der Waals surface area contributed by atoms with Crippen LogP contribution in [0.4, 0.5) is 10.5 Å². The van der Waals surface area contributed by atoms with E-state index in [0.29, 0.717) is 13.1 Å². The maximum absolute atomic E-state index is 12.6. The molecule has 0 bridgehead atoms. The average molecular weight is 408 g/mol. The molecule has 7 heteroatoms. The molecule has 1 aliphatic rings. The predicted molar refractivity (Wildman–Crippen MR) is 118 cm³/mol. The summed E-state index contributed by atoms with van der Waals surface area (Å²) in [7, 11) is 0. The summed E-state index contributed by atoms with van der Waals surface area (Å²) in [5, 5.41) is 7.60. The molecule has 3 aromatic rings. The maximum Gasteiger partial charge on any atom is 0.321 e. The minimum Gasteiger partial charge on any atom is -0.494 e. The fourth-order valence-electron chi connectivity index (χ4n) is 3.58. The van der Waals surface area contributed by atoms with Crippen molar-refractivity contribution in [2.75, 3.05) is 38.1 Å². The fourth-order valence-corrected chi connectivity index (χ4v) is 3.58. The van der Waals surface area contributed by atoms with Crippen molar-refractivity contribution in [2.24, 2.45) is 0 Å². The molecule has 0 unspecified atom stereocenters. The van der Waals surface area contributed by atoms with Crippen LogP contribution in [-0.2, 0) is 6.54 Å². The Kier molecular flexibility index (Phi) is 6.49. The smallest absolute Gasteiger partial charge is 0.321 e. The van der Waals surface area contributed by atoms with Crippen molar-refractivity contribution in [2.45, 2.75) is 26.3 Å². The van der Waals surface area contributed by atoms with Crippen LogP contribution in [0, 0.1) is 0 Å². The molecule has 1 N–H and O–H groups in total. The Balaban J connectivity index is 1.24. The average Bonchev–Trinajstić information content (AvgIpc) is 3.18. The number of urea groups is 1. The van der Waals surface area contributed by atoms with Crippen LogP contribution in [0.1, 0.15) is 25.5 Å². The second-order valence-corrected chi connectivity index (χ2v) is 7.63. The molecule has 30 heavy (non-hydrogen) atoms. The standard InChI is InChI=1S/C23H29N5O2/c1-2-3-16-30-22-9-7-19(8-10-22)24-23(29)27-14-12-26(13-15-27)18-20-17-21-6-4-5-11-28(21)25-20/h4-11,17H,2-3,12-16,18H2,1H3,(H,24,29). The van der Waals surface area contributed by atoms with Gasteiger partial charge < -0.3 is 15.0 Å². The third kappa shape index (κ3) is 5.10. The molecule has 2 aromatic heterocycles. The van der Waals surface area contributed by atoms with E-state index in [9.17, 15) is 4.79 Å². The number of unbranched alkanes of at least 4 members (excludes halogenated alkanes) is 1. The van der Waals surface area contributed by atoms with E-state index in [0.717, 1.165) is 61.7 Å². The number of carbonyl (C=O) groups excluding carboxylic acids is 1. The number of nitrogens with one attached hydrogen (secondary N) is 1. The number of anilines is 1. The first kappa shape index (κ1) is 20.2. The number of carbonyl (C=O) groups is 1. The topological polar surface area (TPSA) is 62.1 Å². The Hall–Kier alpha value is -3.06. The number of benzene rings is 1. The second kappa shape index (κ2) is 9.63. The molecule has 1 saturated heterocycles. The van der Waals surface area contributed by atoms with Crippen molar-refractivity contribution in [3.63, 3.8) is 0 Å². The Bertz CT molecular complexity index is 928. The van der Waals surface area contributed by atoms with Gasteiger partial charge in [-0.15, -0.1) is 0 Å². The number of rotatable bonds is 7. The van der Waals surface area contributed by atoms with Crippen molar-refractivity contribution in [3.05, 3.63) is 60.4 Å². The lowest BCUT2D eigenvalue weighted by molar-refractivity contribution is 0.142. The van der Waals surface area contributed by atoms with Gasteiger partial charge in [-0.3, -0.25) is 4.90 Å². The number of hydrogen-bond acceptors (Lipinski definition) is 4. The van der Waals surface area contributed by atoms with Crippen LogP contribution in [0.2, 0.25) is 0 Å². The summed E-state index contributed by atoms with van der Waals surface area (Å²) in [5.41, 5.74) is 2.95. The van der Waals surface area contributed by atoms with E-state index in [2.05, 4.69) is 34.4 Å². The van der Waals surface area contributed by atoms with Crippen molar-refractivity contribution in [1.29, 1.82) is 0 Å². The molecule has 158 valence electrons. The molecule has 1 aromatic carbocycles. The number of hydrogen-bond donors (Lipinski definition) is 1. The van der Waals surface area contributed by atoms with Gasteiger partial charge >= 0.3 is 6.03 Å². The SMILES string of the molecule is CCCCOc1ccc(NC(=O)N2CCN(Cc3cc4ccccn4n3)CC2)cc1. The summed E-state index contributed by atoms with van der Waals surface area (Å²) in [6, 6.07) is 15.7. The lowest BCUT2D eigenvalue weighted by atomic mass is 10.2. The highest BCUT2D eigenvalue weighted by atomic mass is 16.5. The number of nitrogens with zero attached hydrogens (tertiary/aromatic N) is 4. The molecule has 0 aliphatic carbocycles. The number of amides is 2. The quantitative estimate of drug-likeness (QED) is 0.604. The lowest BCUT2D eigenvalue weighted by Crippen LogP contribution is -2.49. The summed E-state index contributed by atoms with van der Waals surface area (Å²) >= 11 is 0. The minimum atomic E-state index is -0.0537. The van der Waals surface area contributed by atoms with E-state index < -0.39 is 0 Å². The maximum atomic E-state index is 12.6. The number of ether oxygens (including phenoxy) is 1. The highest BCUT2D eigenvalue weighted by Gasteiger charge is 2.21. The summed E-state index contributed by atoms with van der Waals surface area (Å²) < 4.78 is 7.57. The first-order valence-electron chi connectivity index (χ1n) is 10.7. The molecule has 1 aliphatic heterocycles. The Morgan fingerprint density at radius 2 is 1.90 bits per heavy atom. The van der Waals surface area contributed by atoms with Crippen LogP contribution in [0.15, 0.2) is 54.7 Å². The normalized spacial score (nSPS) is 14.8. The van der Waals surface area contributed by atoms with Crippen LogP contribution in [-0.4, -0.2) is 58.2 Å². The molecular formula is C23H29N5O2. The Morgan fingerprint density at radius 3 is 2.63 bits per heavy atom. The molecule has 4 rings (SSSR count). The Labute approximate surface area is 177 Å². The van der Waals surface area contributed by atoms with E-state index in [1.807, 2.05) is 52.0 Å². The second-order valence-electron chi connectivity index (χ2n) is 7.63. The van der Waals surface area contributed by atoms with Gasteiger partial charge in [-0.2, -0.15) is 5.10 Å². The van der Waals surface area contributed by atoms with Crippen molar-refractivity contribution in [1.82, 2.24) is 19.4 Å². The molecule has 0 radical (unpaired) electrons. The molecule has 2 amide bonds. The van der Waals surface area contributed by atoms with Gasteiger partial charge in [-0.1, -0.05) is 19.4 Å². The van der Waals surface area contributed by atoms with Gasteiger partial charge in [-0.25, -0.2) is 9.31 Å². The van der Waals surface area contributed by atoms with Crippen molar-refractivity contribution < 1.29 is 9.53 Å². The molecule has 1 fully saturated rings. The molecule has 0 atom stereocenters. The van der Waals surface area contributed by atoms with E-state index in [-0.39, 0.29) is 6.03 Å². The van der Waals surface area contributed by atoms with Gasteiger partial charge in [0.05, 0.1) is 17.8 Å². The first-order valence-corrected chi connectivity index (χ1v) is 10.7. The molecule has 3 heterocycles. The largest absolute Gasteiger partial charge is 0.494 e. The zero-order chi connectivity index (χ0) is 20.8. The third-order valence-corrected chi connectivity index (χ3v) is 5.34. The number of pyridine rings is 1. The third-order valence-electron chi connectivity index (χ3n) is 5.34. The first-order chi connectivity index (χ1) is 14.7. The lowest BCUT2D eigenvalue weighted by Gasteiger charge is -2.34. The number of fused-ring (bicyclic) bond motifs is 1. The highest BCUT2D eigenvalue weighted by molar-refractivity contribution is 5.89. The highest BCUT2D eigenvalue weighted by Crippen LogP contribution is 2.17. The van der Waals surface area contributed by atoms with Gasteiger partial charge in [0.2, 0.25) is 0 Å². The van der Waals surface area contributed by atoms with Crippen molar-refractivity contribution in [3.8, 4) is 5.75 Å². The van der Waals surface area contributed by atoms with Gasteiger partial charge in [0, 0.05) is 44.6 Å². The summed E-state index contributed by atoms with van der Waals surface area (Å²) in [5.74, 6) is 0.835. The molecule has 0 saturated carbocycles. The monoisotopic (exact) mass is 407 g/mol. The summed E-state index contributed by atoms with van der Waals surface area (Å²) in [6.45, 7) is 6.76. The summed E-state index contributed by atoms with van der Waals surface area (Å²) in [4.78, 5) is 16.8. The van der Waals surface area contributed by atoms with Crippen LogP contribution in [0.25, 0.3) is 5.52 Å². The van der Waals surface area contributed by atoms with E-state index in [1.165, 1.54) is 0 Å². The minimum absolute atomic E-state index is 0.0537. The number of aromatic nitrogens is 2. The van der Waals surface area contributed by atoms with Crippen LogP contribution >= 0.6 is 0 Å². The van der Waals surface area contributed by atoms with E-state index >= 15 is 0 Å². The Morgan fingerprint density at radius 1 is 1.10 bits per heavy atom. The zero-order valence-electron chi connectivity index (χ0n) is 17.5. The molecule has 7 nitrogen and oxygen atoms in total. The molecular weight excluding hydrogens is 378 g/mol. The van der Waals surface area contributed by atoms with Crippen LogP contribution < -0.4 is 10.1 Å². The molecule has 0 spiro atoms. The predicted octanol–water partition coefficient (Wildman–Crippen LogP) is 3.86. The summed E-state index contributed by atoms with van der Waals surface area (Å²) in [6.07, 6.45) is 4.12. The zero-order valence-corrected chi connectivity index (χ0v) is 17.5. The fraction of sp³-hybridized carbons (Fsp3) is 0.391. The van der Waals surface area contributed by atoms with Crippen LogP contribution in [0.5, 0.6) is 5.75 Å². The van der Waals surface area contributed by atoms with Gasteiger partial charge in [0.25, 0.3) is 0 Å². The van der Waals surface area contributed by atoms with E-state index in [4.69, 9.17) is 4.74 Å².